The summed E-state index contributed by atoms with van der Waals surface area (Å²) in [5, 5.41) is 7.65. The third kappa shape index (κ3) is 1.61. The minimum absolute atomic E-state index is 0.783. The highest BCUT2D eigenvalue weighted by Gasteiger charge is 2.12. The van der Waals surface area contributed by atoms with E-state index in [2.05, 4.69) is 45.7 Å². The van der Waals surface area contributed by atoms with Crippen LogP contribution in [0.15, 0.2) is 59.3 Å². The Kier molecular flexibility index (Phi) is 2.40. The fraction of sp³-hybridized carbons (Fsp3) is 0. The van der Waals surface area contributed by atoms with E-state index >= 15 is 0 Å². The van der Waals surface area contributed by atoms with Gasteiger partial charge in [0.15, 0.2) is 0 Å². The summed E-state index contributed by atoms with van der Waals surface area (Å²) < 4.78 is 2.29. The average molecular weight is 284 g/mol. The summed E-state index contributed by atoms with van der Waals surface area (Å²) in [7, 11) is 0. The summed E-state index contributed by atoms with van der Waals surface area (Å²) >= 11 is 7.86. The van der Waals surface area contributed by atoms with Crippen molar-refractivity contribution in [3.05, 3.63) is 64.3 Å². The lowest BCUT2D eigenvalue weighted by Crippen LogP contribution is -1.91. The Balaban J connectivity index is 2.20. The van der Waals surface area contributed by atoms with Crippen LogP contribution in [-0.4, -0.2) is 4.57 Å². The van der Waals surface area contributed by atoms with E-state index in [9.17, 15) is 0 Å². The predicted molar refractivity (Wildman–Crippen MR) is 83.7 cm³/mol. The number of para-hydroxylation sites is 1. The van der Waals surface area contributed by atoms with Crippen LogP contribution in [0.5, 0.6) is 0 Å². The Hall–Kier alpha value is -1.77. The number of rotatable bonds is 1. The van der Waals surface area contributed by atoms with Gasteiger partial charge in [0, 0.05) is 32.2 Å². The molecule has 0 atom stereocenters. The molecule has 2 heterocycles. The van der Waals surface area contributed by atoms with Crippen molar-refractivity contribution in [1.29, 1.82) is 0 Å². The lowest BCUT2D eigenvalue weighted by molar-refractivity contribution is 1.18. The van der Waals surface area contributed by atoms with Gasteiger partial charge in [0.2, 0.25) is 0 Å². The molecule has 92 valence electrons. The first kappa shape index (κ1) is 11.1. The number of aromatic nitrogens is 1. The average Bonchev–Trinajstić information content (AvgIpc) is 3.00. The van der Waals surface area contributed by atoms with Gasteiger partial charge in [-0.15, -0.1) is 11.3 Å². The molecule has 3 heteroatoms. The van der Waals surface area contributed by atoms with Gasteiger partial charge in [0.05, 0.1) is 11.0 Å². The fourth-order valence-electron chi connectivity index (χ4n) is 2.57. The minimum Gasteiger partial charge on any atom is -0.308 e. The second-order valence-electron chi connectivity index (χ2n) is 4.50. The molecule has 1 nitrogen and oxygen atoms in total. The van der Waals surface area contributed by atoms with E-state index in [0.717, 1.165) is 5.02 Å². The number of hydrogen-bond donors (Lipinski definition) is 0. The highest BCUT2D eigenvalue weighted by atomic mass is 35.5. The van der Waals surface area contributed by atoms with Gasteiger partial charge in [-0.3, -0.25) is 0 Å². The molecule has 0 unspecified atom stereocenters. The van der Waals surface area contributed by atoms with Crippen molar-refractivity contribution in [3.63, 3.8) is 0 Å². The maximum absolute atomic E-state index is 6.14. The van der Waals surface area contributed by atoms with Crippen molar-refractivity contribution in [2.75, 3.05) is 0 Å². The van der Waals surface area contributed by atoms with Gasteiger partial charge in [-0.05, 0) is 30.3 Å². The molecule has 0 aliphatic carbocycles. The minimum atomic E-state index is 0.783. The first-order valence-electron chi connectivity index (χ1n) is 6.06. The third-order valence-electron chi connectivity index (χ3n) is 3.39. The lowest BCUT2D eigenvalue weighted by atomic mass is 10.2. The molecule has 0 saturated heterocycles. The molecule has 2 aromatic heterocycles. The Morgan fingerprint density at radius 3 is 2.53 bits per heavy atom. The van der Waals surface area contributed by atoms with Crippen molar-refractivity contribution < 1.29 is 0 Å². The summed E-state index contributed by atoms with van der Waals surface area (Å²) in [6, 6.07) is 16.5. The Bertz CT molecular complexity index is 874. The van der Waals surface area contributed by atoms with Crippen molar-refractivity contribution in [3.8, 4) is 5.69 Å². The zero-order valence-corrected chi connectivity index (χ0v) is 11.6. The van der Waals surface area contributed by atoms with E-state index in [0.29, 0.717) is 0 Å². The van der Waals surface area contributed by atoms with Gasteiger partial charge in [0.25, 0.3) is 0 Å². The second-order valence-corrected chi connectivity index (χ2v) is 5.68. The van der Waals surface area contributed by atoms with Crippen LogP contribution in [0.3, 0.4) is 0 Å². The van der Waals surface area contributed by atoms with Crippen molar-refractivity contribution in [1.82, 2.24) is 4.57 Å². The molecule has 0 bridgehead atoms. The van der Waals surface area contributed by atoms with Gasteiger partial charge in [-0.2, -0.15) is 0 Å². The SMILES string of the molecule is Clc1ccc2c(c1)c1cscc1n2-c1ccccc1. The van der Waals surface area contributed by atoms with E-state index in [4.69, 9.17) is 11.6 Å². The van der Waals surface area contributed by atoms with Crippen molar-refractivity contribution in [2.24, 2.45) is 0 Å². The summed E-state index contributed by atoms with van der Waals surface area (Å²) in [5.41, 5.74) is 3.63. The van der Waals surface area contributed by atoms with Crippen LogP contribution in [0.25, 0.3) is 27.5 Å². The maximum Gasteiger partial charge on any atom is 0.0648 e. The van der Waals surface area contributed by atoms with Crippen molar-refractivity contribution in [2.45, 2.75) is 0 Å². The van der Waals surface area contributed by atoms with Crippen LogP contribution in [0.1, 0.15) is 0 Å². The fourth-order valence-corrected chi connectivity index (χ4v) is 3.55. The standard InChI is InChI=1S/C16H10ClNS/c17-11-6-7-15-13(8-11)14-9-19-10-16(14)18(15)12-4-2-1-3-5-12/h1-10H. The molecule has 19 heavy (non-hydrogen) atoms. The van der Waals surface area contributed by atoms with Crippen LogP contribution in [-0.2, 0) is 0 Å². The molecular formula is C16H10ClNS. The number of benzene rings is 2. The van der Waals surface area contributed by atoms with Crippen LogP contribution in [0, 0.1) is 0 Å². The van der Waals surface area contributed by atoms with E-state index < -0.39 is 0 Å². The van der Waals surface area contributed by atoms with Gasteiger partial charge in [-0.1, -0.05) is 29.8 Å². The summed E-state index contributed by atoms with van der Waals surface area (Å²) in [6.07, 6.45) is 0. The molecule has 0 spiro atoms. The number of hydrogen-bond acceptors (Lipinski definition) is 1. The quantitative estimate of drug-likeness (QED) is 0.435. The van der Waals surface area contributed by atoms with E-state index in [-0.39, 0.29) is 0 Å². The number of halogens is 1. The molecule has 0 fully saturated rings. The van der Waals surface area contributed by atoms with E-state index in [1.54, 1.807) is 11.3 Å². The normalized spacial score (nSPS) is 11.4. The number of fused-ring (bicyclic) bond motifs is 3. The molecule has 0 aliphatic rings. The monoisotopic (exact) mass is 283 g/mol. The highest BCUT2D eigenvalue weighted by molar-refractivity contribution is 7.09. The molecule has 0 amide bonds. The molecule has 4 rings (SSSR count). The first-order valence-corrected chi connectivity index (χ1v) is 7.38. The zero-order valence-electron chi connectivity index (χ0n) is 10.0. The predicted octanol–water partition coefficient (Wildman–Crippen LogP) is 5.50. The topological polar surface area (TPSA) is 4.93 Å². The van der Waals surface area contributed by atoms with Gasteiger partial charge in [0.1, 0.15) is 0 Å². The molecule has 4 aromatic rings. The van der Waals surface area contributed by atoms with Crippen molar-refractivity contribution >= 4 is 44.7 Å². The van der Waals surface area contributed by atoms with Crippen LogP contribution in [0.4, 0.5) is 0 Å². The Labute approximate surface area is 119 Å². The van der Waals surface area contributed by atoms with E-state index in [1.807, 2.05) is 18.2 Å². The third-order valence-corrected chi connectivity index (χ3v) is 4.35. The summed E-state index contributed by atoms with van der Waals surface area (Å²) in [6.45, 7) is 0. The summed E-state index contributed by atoms with van der Waals surface area (Å²) in [4.78, 5) is 0. The Morgan fingerprint density at radius 2 is 1.68 bits per heavy atom. The van der Waals surface area contributed by atoms with Crippen LogP contribution >= 0.6 is 22.9 Å². The smallest absolute Gasteiger partial charge is 0.0648 e. The van der Waals surface area contributed by atoms with Gasteiger partial charge in [-0.25, -0.2) is 0 Å². The largest absolute Gasteiger partial charge is 0.308 e. The number of thiophene rings is 1. The van der Waals surface area contributed by atoms with E-state index in [1.165, 1.54) is 27.5 Å². The zero-order chi connectivity index (χ0) is 12.8. The second kappa shape index (κ2) is 4.12. The van der Waals surface area contributed by atoms with Gasteiger partial charge < -0.3 is 4.57 Å². The molecule has 2 aromatic carbocycles. The maximum atomic E-state index is 6.14. The first-order chi connectivity index (χ1) is 9.34. The van der Waals surface area contributed by atoms with Crippen LogP contribution < -0.4 is 0 Å². The molecule has 0 N–H and O–H groups in total. The highest BCUT2D eigenvalue weighted by Crippen LogP contribution is 2.35. The number of nitrogens with zero attached hydrogens (tertiary/aromatic N) is 1. The van der Waals surface area contributed by atoms with Gasteiger partial charge >= 0.3 is 0 Å². The van der Waals surface area contributed by atoms with Crippen LogP contribution in [0.2, 0.25) is 5.02 Å². The Morgan fingerprint density at radius 1 is 0.842 bits per heavy atom. The lowest BCUT2D eigenvalue weighted by Gasteiger charge is -2.06. The molecule has 0 radical (unpaired) electrons. The molecular weight excluding hydrogens is 274 g/mol. The molecule has 0 saturated carbocycles. The summed E-state index contributed by atoms with van der Waals surface area (Å²) in [5.74, 6) is 0. The molecule has 0 aliphatic heterocycles.